The molecular formula is C22H27N3O3S. The molecule has 6 nitrogen and oxygen atoms in total. The number of thiocarbonyl (C=S) groups is 1. The zero-order chi connectivity index (χ0) is 21.2. The largest absolute Gasteiger partial charge is 0.494 e. The lowest BCUT2D eigenvalue weighted by Crippen LogP contribution is -2.34. The van der Waals surface area contributed by atoms with Gasteiger partial charge in [-0.1, -0.05) is 6.92 Å². The normalized spacial score (nSPS) is 10.2. The van der Waals surface area contributed by atoms with Gasteiger partial charge in [0.05, 0.1) is 6.61 Å². The standard InChI is InChI=1S/C22H27N3O3S/c1-4-15-28-19-13-9-16(10-14-19)20(26)24-22(29)23-18-11-7-17(8-12-18)21(27)25(5-2)6-3/h7-14H,4-6,15H2,1-3H3,(H2,23,24,26,29). The Morgan fingerprint density at radius 2 is 1.52 bits per heavy atom. The average molecular weight is 414 g/mol. The van der Waals surface area contributed by atoms with Crippen LogP contribution in [0.3, 0.4) is 0 Å². The summed E-state index contributed by atoms with van der Waals surface area (Å²) < 4.78 is 5.51. The molecule has 2 aromatic carbocycles. The average Bonchev–Trinajstić information content (AvgIpc) is 2.73. The van der Waals surface area contributed by atoms with E-state index in [1.807, 2.05) is 20.8 Å². The highest BCUT2D eigenvalue weighted by Crippen LogP contribution is 2.14. The van der Waals surface area contributed by atoms with Gasteiger partial charge >= 0.3 is 0 Å². The molecule has 0 bridgehead atoms. The molecule has 0 saturated carbocycles. The first-order valence-corrected chi connectivity index (χ1v) is 10.1. The summed E-state index contributed by atoms with van der Waals surface area (Å²) in [4.78, 5) is 26.4. The Labute approximate surface area is 177 Å². The number of carbonyl (C=O) groups is 2. The summed E-state index contributed by atoms with van der Waals surface area (Å²) in [6.45, 7) is 7.90. The molecule has 0 radical (unpaired) electrons. The van der Waals surface area contributed by atoms with E-state index in [-0.39, 0.29) is 16.9 Å². The number of rotatable bonds is 8. The van der Waals surface area contributed by atoms with Crippen LogP contribution in [0, 0.1) is 0 Å². The number of benzene rings is 2. The molecular weight excluding hydrogens is 386 g/mol. The number of nitrogens with zero attached hydrogens (tertiary/aromatic N) is 1. The third-order valence-corrected chi connectivity index (χ3v) is 4.46. The van der Waals surface area contributed by atoms with Crippen LogP contribution in [-0.4, -0.2) is 41.5 Å². The molecule has 0 fully saturated rings. The Morgan fingerprint density at radius 3 is 2.07 bits per heavy atom. The molecule has 0 heterocycles. The first-order valence-electron chi connectivity index (χ1n) is 9.73. The minimum atomic E-state index is -0.308. The maximum Gasteiger partial charge on any atom is 0.257 e. The van der Waals surface area contributed by atoms with E-state index in [1.54, 1.807) is 53.4 Å². The molecule has 154 valence electrons. The number of carbonyl (C=O) groups excluding carboxylic acids is 2. The van der Waals surface area contributed by atoms with E-state index in [0.29, 0.717) is 36.5 Å². The van der Waals surface area contributed by atoms with Gasteiger partial charge in [0.15, 0.2) is 5.11 Å². The van der Waals surface area contributed by atoms with Gasteiger partial charge < -0.3 is 15.0 Å². The van der Waals surface area contributed by atoms with Crippen LogP contribution >= 0.6 is 12.2 Å². The van der Waals surface area contributed by atoms with Gasteiger partial charge in [-0.3, -0.25) is 14.9 Å². The Hall–Kier alpha value is -2.93. The highest BCUT2D eigenvalue weighted by molar-refractivity contribution is 7.80. The Bertz CT molecular complexity index is 831. The van der Waals surface area contributed by atoms with Crippen LogP contribution in [0.15, 0.2) is 48.5 Å². The van der Waals surface area contributed by atoms with Crippen LogP contribution in [0.1, 0.15) is 47.9 Å². The molecule has 0 aromatic heterocycles. The first kappa shape index (κ1) is 22.4. The molecule has 0 aliphatic carbocycles. The molecule has 7 heteroatoms. The third-order valence-electron chi connectivity index (χ3n) is 4.26. The molecule has 2 rings (SSSR count). The summed E-state index contributed by atoms with van der Waals surface area (Å²) in [5, 5.41) is 5.79. The van der Waals surface area contributed by atoms with Crippen molar-refractivity contribution in [3.63, 3.8) is 0 Å². The summed E-state index contributed by atoms with van der Waals surface area (Å²) in [5.74, 6) is 0.408. The van der Waals surface area contributed by atoms with Crippen molar-refractivity contribution in [3.05, 3.63) is 59.7 Å². The monoisotopic (exact) mass is 413 g/mol. The predicted molar refractivity (Wildman–Crippen MR) is 120 cm³/mol. The van der Waals surface area contributed by atoms with E-state index in [9.17, 15) is 9.59 Å². The molecule has 0 aliphatic heterocycles. The summed E-state index contributed by atoms with van der Waals surface area (Å²) in [5.41, 5.74) is 1.78. The fraction of sp³-hybridized carbons (Fsp3) is 0.318. The van der Waals surface area contributed by atoms with Crippen molar-refractivity contribution < 1.29 is 14.3 Å². The summed E-state index contributed by atoms with van der Waals surface area (Å²) >= 11 is 5.22. The molecule has 0 atom stereocenters. The number of amides is 2. The molecule has 2 amide bonds. The molecule has 2 aromatic rings. The topological polar surface area (TPSA) is 70.7 Å². The Kier molecular flexibility index (Phi) is 8.61. The van der Waals surface area contributed by atoms with Crippen molar-refractivity contribution in [1.82, 2.24) is 10.2 Å². The fourth-order valence-electron chi connectivity index (χ4n) is 2.65. The van der Waals surface area contributed by atoms with Crippen LogP contribution in [0.2, 0.25) is 0 Å². The summed E-state index contributed by atoms with van der Waals surface area (Å²) in [6.07, 6.45) is 0.923. The summed E-state index contributed by atoms with van der Waals surface area (Å²) in [7, 11) is 0. The zero-order valence-corrected chi connectivity index (χ0v) is 17.8. The second-order valence-corrected chi connectivity index (χ2v) is 6.74. The van der Waals surface area contributed by atoms with Gasteiger partial charge in [0.1, 0.15) is 5.75 Å². The van der Waals surface area contributed by atoms with Crippen LogP contribution in [0.4, 0.5) is 5.69 Å². The molecule has 0 unspecified atom stereocenters. The van der Waals surface area contributed by atoms with Gasteiger partial charge in [-0.2, -0.15) is 0 Å². The van der Waals surface area contributed by atoms with E-state index in [2.05, 4.69) is 10.6 Å². The van der Waals surface area contributed by atoms with Crippen molar-refractivity contribution in [3.8, 4) is 5.75 Å². The second kappa shape index (κ2) is 11.2. The van der Waals surface area contributed by atoms with Crippen LogP contribution in [-0.2, 0) is 0 Å². The number of anilines is 1. The molecule has 0 spiro atoms. The van der Waals surface area contributed by atoms with Crippen molar-refractivity contribution in [2.75, 3.05) is 25.0 Å². The Morgan fingerprint density at radius 1 is 0.931 bits per heavy atom. The smallest absolute Gasteiger partial charge is 0.257 e. The lowest BCUT2D eigenvalue weighted by Gasteiger charge is -2.18. The molecule has 0 aliphatic rings. The second-order valence-electron chi connectivity index (χ2n) is 6.34. The minimum absolute atomic E-state index is 0.0104. The maximum absolute atomic E-state index is 12.3. The van der Waals surface area contributed by atoms with Gasteiger partial charge in [-0.05, 0) is 81.0 Å². The van der Waals surface area contributed by atoms with Crippen molar-refractivity contribution >= 4 is 34.8 Å². The quantitative estimate of drug-likeness (QED) is 0.638. The van der Waals surface area contributed by atoms with Gasteiger partial charge in [-0.15, -0.1) is 0 Å². The first-order chi connectivity index (χ1) is 14.0. The Balaban J connectivity index is 1.91. The van der Waals surface area contributed by atoms with Gasteiger partial charge in [0.25, 0.3) is 11.8 Å². The minimum Gasteiger partial charge on any atom is -0.494 e. The number of ether oxygens (including phenoxy) is 1. The summed E-state index contributed by atoms with van der Waals surface area (Å²) in [6, 6.07) is 13.9. The molecule has 29 heavy (non-hydrogen) atoms. The SMILES string of the molecule is CCCOc1ccc(C(=O)NC(=S)Nc2ccc(C(=O)N(CC)CC)cc2)cc1. The zero-order valence-electron chi connectivity index (χ0n) is 17.0. The number of hydrogen-bond acceptors (Lipinski definition) is 4. The highest BCUT2D eigenvalue weighted by atomic mass is 32.1. The van der Waals surface area contributed by atoms with Crippen molar-refractivity contribution in [2.24, 2.45) is 0 Å². The van der Waals surface area contributed by atoms with E-state index in [0.717, 1.165) is 12.2 Å². The van der Waals surface area contributed by atoms with Gasteiger partial charge in [0, 0.05) is 29.9 Å². The molecule has 0 saturated heterocycles. The third kappa shape index (κ3) is 6.57. The fourth-order valence-corrected chi connectivity index (χ4v) is 2.86. The van der Waals surface area contributed by atoms with E-state index in [4.69, 9.17) is 17.0 Å². The maximum atomic E-state index is 12.3. The van der Waals surface area contributed by atoms with E-state index >= 15 is 0 Å². The van der Waals surface area contributed by atoms with Gasteiger partial charge in [-0.25, -0.2) is 0 Å². The number of nitrogens with one attached hydrogen (secondary N) is 2. The number of hydrogen-bond donors (Lipinski definition) is 2. The van der Waals surface area contributed by atoms with E-state index in [1.165, 1.54) is 0 Å². The molecule has 2 N–H and O–H groups in total. The lowest BCUT2D eigenvalue weighted by atomic mass is 10.2. The predicted octanol–water partition coefficient (Wildman–Crippen LogP) is 4.08. The van der Waals surface area contributed by atoms with Gasteiger partial charge in [0.2, 0.25) is 0 Å². The van der Waals surface area contributed by atoms with Crippen LogP contribution < -0.4 is 15.4 Å². The highest BCUT2D eigenvalue weighted by Gasteiger charge is 2.12. The van der Waals surface area contributed by atoms with Crippen LogP contribution in [0.25, 0.3) is 0 Å². The lowest BCUT2D eigenvalue weighted by molar-refractivity contribution is 0.0772. The van der Waals surface area contributed by atoms with Crippen molar-refractivity contribution in [1.29, 1.82) is 0 Å². The van der Waals surface area contributed by atoms with Crippen LogP contribution in [0.5, 0.6) is 5.75 Å². The van der Waals surface area contributed by atoms with Crippen molar-refractivity contribution in [2.45, 2.75) is 27.2 Å². The van der Waals surface area contributed by atoms with E-state index < -0.39 is 0 Å².